The average Bonchev–Trinajstić information content (AvgIpc) is 2.48. The summed E-state index contributed by atoms with van der Waals surface area (Å²) in [5.74, 6) is 0. The predicted octanol–water partition coefficient (Wildman–Crippen LogP) is 6.46. The Morgan fingerprint density at radius 3 is 1.43 bits per heavy atom. The highest BCUT2D eigenvalue weighted by Gasteiger charge is 2.34. The molecular weight excluding hydrogens is 252 g/mol. The van der Waals surface area contributed by atoms with Crippen molar-refractivity contribution in [3.63, 3.8) is 0 Å². The van der Waals surface area contributed by atoms with Crippen molar-refractivity contribution in [1.82, 2.24) is 0 Å². The molecule has 0 saturated heterocycles. The van der Waals surface area contributed by atoms with Gasteiger partial charge in [-0.15, -0.1) is 0 Å². The van der Waals surface area contributed by atoms with Crippen LogP contribution >= 0.6 is 0 Å². The number of rotatable bonds is 5. The zero-order chi connectivity index (χ0) is 14.6. The number of hydrogen-bond donors (Lipinski definition) is 0. The first kappa shape index (κ1) is 17.5. The summed E-state index contributed by atoms with van der Waals surface area (Å²) < 4.78 is 0. The van der Waals surface area contributed by atoms with Gasteiger partial charge in [0.1, 0.15) is 0 Å². The summed E-state index contributed by atoms with van der Waals surface area (Å²) in [6, 6.07) is 21.8. The third kappa shape index (κ3) is 3.97. The third-order valence-corrected chi connectivity index (χ3v) is 4.61. The van der Waals surface area contributed by atoms with Crippen molar-refractivity contribution in [3.05, 3.63) is 71.8 Å². The van der Waals surface area contributed by atoms with Crippen molar-refractivity contribution in [2.45, 2.75) is 53.4 Å². The van der Waals surface area contributed by atoms with E-state index in [1.165, 1.54) is 17.5 Å². The molecule has 0 aliphatic rings. The lowest BCUT2D eigenvalue weighted by Crippen LogP contribution is -2.30. The first-order valence-electron chi connectivity index (χ1n) is 7.59. The Bertz CT molecular complexity index is 483. The van der Waals surface area contributed by atoms with Crippen LogP contribution in [-0.2, 0) is 5.41 Å². The summed E-state index contributed by atoms with van der Waals surface area (Å²) >= 11 is 0. The van der Waals surface area contributed by atoms with E-state index in [1.807, 2.05) is 0 Å². The fourth-order valence-electron chi connectivity index (χ4n) is 3.06. The fraction of sp³-hybridized carbons (Fsp3) is 0.429. The van der Waals surface area contributed by atoms with Gasteiger partial charge >= 0.3 is 0 Å². The summed E-state index contributed by atoms with van der Waals surface area (Å²) in [7, 11) is 0. The molecule has 0 radical (unpaired) electrons. The second-order valence-corrected chi connectivity index (χ2v) is 6.76. The molecule has 0 aliphatic carbocycles. The van der Waals surface area contributed by atoms with Crippen LogP contribution in [0.3, 0.4) is 0 Å². The highest BCUT2D eigenvalue weighted by Crippen LogP contribution is 2.43. The van der Waals surface area contributed by atoms with Crippen LogP contribution in [-0.4, -0.2) is 0 Å². The van der Waals surface area contributed by atoms with Crippen LogP contribution in [0.25, 0.3) is 0 Å². The number of benzene rings is 2. The minimum atomic E-state index is 0. The van der Waals surface area contributed by atoms with E-state index >= 15 is 0 Å². The first-order chi connectivity index (χ1) is 9.48. The van der Waals surface area contributed by atoms with E-state index in [0.717, 1.165) is 6.42 Å². The highest BCUT2D eigenvalue weighted by atomic mass is 14.4. The van der Waals surface area contributed by atoms with E-state index in [-0.39, 0.29) is 12.8 Å². The lowest BCUT2D eigenvalue weighted by Gasteiger charge is -2.38. The SMILES string of the molecule is C.CCC(C)(C)CC(C)(c1ccccc1)c1ccccc1. The minimum Gasteiger partial charge on any atom is -0.0776 e. The van der Waals surface area contributed by atoms with E-state index < -0.39 is 0 Å². The van der Waals surface area contributed by atoms with Crippen molar-refractivity contribution in [1.29, 1.82) is 0 Å². The van der Waals surface area contributed by atoms with Crippen molar-refractivity contribution < 1.29 is 0 Å². The molecule has 0 heterocycles. The summed E-state index contributed by atoms with van der Waals surface area (Å²) in [5, 5.41) is 0. The minimum absolute atomic E-state index is 0. The maximum Gasteiger partial charge on any atom is 0.0179 e. The Morgan fingerprint density at radius 2 is 1.10 bits per heavy atom. The van der Waals surface area contributed by atoms with Crippen LogP contribution in [0.2, 0.25) is 0 Å². The van der Waals surface area contributed by atoms with Crippen molar-refractivity contribution >= 4 is 0 Å². The average molecular weight is 282 g/mol. The summed E-state index contributed by atoms with van der Waals surface area (Å²) in [6.45, 7) is 9.42. The van der Waals surface area contributed by atoms with Crippen LogP contribution in [0.5, 0.6) is 0 Å². The van der Waals surface area contributed by atoms with Crippen molar-refractivity contribution in [2.75, 3.05) is 0 Å². The lowest BCUT2D eigenvalue weighted by atomic mass is 9.66. The molecule has 0 aromatic heterocycles. The van der Waals surface area contributed by atoms with Gasteiger partial charge in [-0.3, -0.25) is 0 Å². The fourth-order valence-corrected chi connectivity index (χ4v) is 3.06. The Kier molecular flexibility index (Phi) is 5.78. The van der Waals surface area contributed by atoms with Gasteiger partial charge in [-0.25, -0.2) is 0 Å². The molecule has 0 spiro atoms. The van der Waals surface area contributed by atoms with Gasteiger partial charge in [0.05, 0.1) is 0 Å². The Morgan fingerprint density at radius 1 is 0.714 bits per heavy atom. The van der Waals surface area contributed by atoms with Gasteiger partial charge in [0.15, 0.2) is 0 Å². The number of hydrogen-bond acceptors (Lipinski definition) is 0. The van der Waals surface area contributed by atoms with Crippen LogP contribution in [0.4, 0.5) is 0 Å². The normalized spacial score (nSPS) is 11.8. The van der Waals surface area contributed by atoms with Gasteiger partial charge in [0, 0.05) is 5.41 Å². The summed E-state index contributed by atoms with van der Waals surface area (Å²) in [4.78, 5) is 0. The van der Waals surface area contributed by atoms with Gasteiger partial charge in [0.2, 0.25) is 0 Å². The second-order valence-electron chi connectivity index (χ2n) is 6.76. The van der Waals surface area contributed by atoms with Gasteiger partial charge in [0.25, 0.3) is 0 Å². The Balaban J connectivity index is 0.00000220. The van der Waals surface area contributed by atoms with E-state index in [9.17, 15) is 0 Å². The zero-order valence-corrected chi connectivity index (χ0v) is 13.2. The monoisotopic (exact) mass is 282 g/mol. The molecule has 0 saturated carbocycles. The Labute approximate surface area is 131 Å². The molecule has 2 aromatic rings. The molecule has 0 nitrogen and oxygen atoms in total. The molecule has 0 fully saturated rings. The van der Waals surface area contributed by atoms with Gasteiger partial charge in [-0.1, -0.05) is 102 Å². The lowest BCUT2D eigenvalue weighted by molar-refractivity contribution is 0.260. The van der Waals surface area contributed by atoms with Gasteiger partial charge < -0.3 is 0 Å². The van der Waals surface area contributed by atoms with Crippen molar-refractivity contribution in [2.24, 2.45) is 5.41 Å². The molecule has 0 heteroatoms. The van der Waals surface area contributed by atoms with Crippen LogP contribution in [0, 0.1) is 5.41 Å². The van der Waals surface area contributed by atoms with E-state index in [0.29, 0.717) is 5.41 Å². The summed E-state index contributed by atoms with van der Waals surface area (Å²) in [5.41, 5.74) is 3.23. The molecule has 0 unspecified atom stereocenters. The molecular formula is C21H30. The van der Waals surface area contributed by atoms with Gasteiger partial charge in [-0.05, 0) is 23.0 Å². The quantitative estimate of drug-likeness (QED) is 0.590. The molecule has 0 N–H and O–H groups in total. The summed E-state index contributed by atoms with van der Waals surface area (Å²) in [6.07, 6.45) is 2.35. The molecule has 0 atom stereocenters. The molecule has 114 valence electrons. The largest absolute Gasteiger partial charge is 0.0776 e. The Hall–Kier alpha value is -1.56. The standard InChI is InChI=1S/C20H26.CH4/c1-5-19(2,3)16-20(4,17-12-8-6-9-13-17)18-14-10-7-11-15-18;/h6-15H,5,16H2,1-4H3;1H4. The topological polar surface area (TPSA) is 0 Å². The third-order valence-electron chi connectivity index (χ3n) is 4.61. The predicted molar refractivity (Wildman–Crippen MR) is 94.8 cm³/mol. The molecule has 2 rings (SSSR count). The van der Waals surface area contributed by atoms with E-state index in [2.05, 4.69) is 88.4 Å². The van der Waals surface area contributed by atoms with Crippen molar-refractivity contribution in [3.8, 4) is 0 Å². The molecule has 21 heavy (non-hydrogen) atoms. The zero-order valence-electron chi connectivity index (χ0n) is 13.2. The molecule has 2 aromatic carbocycles. The van der Waals surface area contributed by atoms with Gasteiger partial charge in [-0.2, -0.15) is 0 Å². The molecule has 0 aliphatic heterocycles. The molecule has 0 amide bonds. The highest BCUT2D eigenvalue weighted by molar-refractivity contribution is 5.38. The van der Waals surface area contributed by atoms with E-state index in [4.69, 9.17) is 0 Å². The van der Waals surface area contributed by atoms with Crippen LogP contribution in [0.1, 0.15) is 59.1 Å². The van der Waals surface area contributed by atoms with Crippen LogP contribution < -0.4 is 0 Å². The maximum absolute atomic E-state index is 2.38. The first-order valence-corrected chi connectivity index (χ1v) is 7.59. The van der Waals surface area contributed by atoms with E-state index in [1.54, 1.807) is 0 Å². The molecule has 0 bridgehead atoms. The smallest absolute Gasteiger partial charge is 0.0179 e. The second kappa shape index (κ2) is 6.93. The maximum atomic E-state index is 2.38. The van der Waals surface area contributed by atoms with Crippen LogP contribution in [0.15, 0.2) is 60.7 Å².